The van der Waals surface area contributed by atoms with E-state index in [2.05, 4.69) is 22.3 Å². The van der Waals surface area contributed by atoms with E-state index in [1.807, 2.05) is 18.2 Å². The van der Waals surface area contributed by atoms with E-state index < -0.39 is 28.3 Å². The summed E-state index contributed by atoms with van der Waals surface area (Å²) in [5.74, 6) is 0.501. The number of ether oxygens (including phenoxy) is 3. The lowest BCUT2D eigenvalue weighted by Crippen LogP contribution is -2.57. The number of rotatable bonds is 8. The van der Waals surface area contributed by atoms with Gasteiger partial charge in [-0.3, -0.25) is 9.69 Å². The summed E-state index contributed by atoms with van der Waals surface area (Å²) in [7, 11) is -2.39. The summed E-state index contributed by atoms with van der Waals surface area (Å²) in [6, 6.07) is 16.1. The Hall–Kier alpha value is -2.54. The summed E-state index contributed by atoms with van der Waals surface area (Å²) in [5.41, 5.74) is 1.26. The van der Waals surface area contributed by atoms with E-state index in [1.165, 1.54) is 29.1 Å². The Morgan fingerprint density at radius 3 is 2.58 bits per heavy atom. The van der Waals surface area contributed by atoms with E-state index in [-0.39, 0.29) is 49.1 Å². The molecule has 0 radical (unpaired) electrons. The monoisotopic (exact) mass is 573 g/mol. The molecule has 0 bridgehead atoms. The summed E-state index contributed by atoms with van der Waals surface area (Å²) in [6.07, 6.45) is 0.328. The molecule has 3 aliphatic rings. The predicted molar refractivity (Wildman–Crippen MR) is 148 cm³/mol. The van der Waals surface area contributed by atoms with E-state index >= 15 is 0 Å². The van der Waals surface area contributed by atoms with Crippen molar-refractivity contribution in [3.63, 3.8) is 0 Å². The van der Waals surface area contributed by atoms with Gasteiger partial charge < -0.3 is 24.6 Å². The van der Waals surface area contributed by atoms with E-state index in [0.717, 1.165) is 26.1 Å². The molecule has 0 spiro atoms. The van der Waals surface area contributed by atoms with Crippen molar-refractivity contribution in [1.29, 1.82) is 0 Å². The molecule has 5 rings (SSSR count). The number of β-amino-alcohol motifs (C(OH)–C–C–N with tert-alkyl or cyclic N) is 1. The van der Waals surface area contributed by atoms with Crippen LogP contribution in [0.1, 0.15) is 31.2 Å². The first kappa shape index (κ1) is 29.0. The van der Waals surface area contributed by atoms with Crippen LogP contribution >= 0.6 is 0 Å². The average Bonchev–Trinajstić information content (AvgIpc) is 3.37. The molecule has 3 heterocycles. The third-order valence-corrected chi connectivity index (χ3v) is 9.80. The van der Waals surface area contributed by atoms with Crippen LogP contribution < -0.4 is 10.1 Å². The Morgan fingerprint density at radius 2 is 1.82 bits per heavy atom. The fourth-order valence-electron chi connectivity index (χ4n) is 5.88. The molecular formula is C29H39N3O7S. The van der Waals surface area contributed by atoms with Crippen LogP contribution in [0.2, 0.25) is 0 Å². The first-order valence-electron chi connectivity index (χ1n) is 13.9. The summed E-state index contributed by atoms with van der Waals surface area (Å²) >= 11 is 0. The Kier molecular flexibility index (Phi) is 9.39. The van der Waals surface area contributed by atoms with Crippen LogP contribution in [0.3, 0.4) is 0 Å². The zero-order valence-electron chi connectivity index (χ0n) is 22.9. The number of carbonyl (C=O) groups excluding carboxylic acids is 1. The minimum absolute atomic E-state index is 0.00747. The Morgan fingerprint density at radius 1 is 1.05 bits per heavy atom. The van der Waals surface area contributed by atoms with E-state index in [1.54, 1.807) is 12.1 Å². The second-order valence-corrected chi connectivity index (χ2v) is 12.8. The highest BCUT2D eigenvalue weighted by molar-refractivity contribution is 7.89. The molecule has 1 amide bonds. The standard InChI is InChI=1S/C29H39N3O7S/c1-37-24-7-10-26(11-8-24)40(35,36)32-18-23(33)19-38-20-28-27(32)12-9-25(39-28)15-29(34)30-22-13-14-31(17-22)16-21-5-3-2-4-6-21/h2-8,10-11,22-23,25,27-28,33H,9,12-20H2,1H3,(H,30,34)/t22-,23-,25-,27+,28-/m0/s1. The molecular weight excluding hydrogens is 534 g/mol. The molecule has 3 aliphatic heterocycles. The number of aliphatic hydroxyl groups is 1. The van der Waals surface area contributed by atoms with Crippen LogP contribution in [0, 0.1) is 0 Å². The van der Waals surface area contributed by atoms with Crippen molar-refractivity contribution < 1.29 is 32.5 Å². The summed E-state index contributed by atoms with van der Waals surface area (Å²) in [4.78, 5) is 15.4. The van der Waals surface area contributed by atoms with Crippen molar-refractivity contribution in [3.8, 4) is 5.75 Å². The minimum atomic E-state index is -3.92. The molecule has 10 nitrogen and oxygen atoms in total. The van der Waals surface area contributed by atoms with Crippen molar-refractivity contribution in [2.24, 2.45) is 0 Å². The summed E-state index contributed by atoms with van der Waals surface area (Å²) < 4.78 is 45.8. The Bertz CT molecular complexity index is 1230. The van der Waals surface area contributed by atoms with Gasteiger partial charge in [0.25, 0.3) is 0 Å². The van der Waals surface area contributed by atoms with Gasteiger partial charge in [-0.05, 0) is 49.1 Å². The van der Waals surface area contributed by atoms with Crippen LogP contribution in [0.4, 0.5) is 0 Å². The highest BCUT2D eigenvalue weighted by atomic mass is 32.2. The fourth-order valence-corrected chi connectivity index (χ4v) is 7.60. The van der Waals surface area contributed by atoms with Crippen LogP contribution in [-0.4, -0.2) is 99.0 Å². The lowest BCUT2D eigenvalue weighted by Gasteiger charge is -2.43. The Balaban J connectivity index is 1.18. The number of nitrogens with zero attached hydrogens (tertiary/aromatic N) is 2. The van der Waals surface area contributed by atoms with Crippen molar-refractivity contribution in [2.45, 2.75) is 67.5 Å². The number of carbonyl (C=O) groups is 1. The highest BCUT2D eigenvalue weighted by Crippen LogP contribution is 2.32. The third-order valence-electron chi connectivity index (χ3n) is 7.90. The third kappa shape index (κ3) is 7.02. The number of benzene rings is 2. The second-order valence-electron chi connectivity index (χ2n) is 10.9. The van der Waals surface area contributed by atoms with Gasteiger partial charge in [-0.1, -0.05) is 30.3 Å². The molecule has 0 unspecified atom stereocenters. The lowest BCUT2D eigenvalue weighted by molar-refractivity contribution is -0.146. The molecule has 3 fully saturated rings. The quantitative estimate of drug-likeness (QED) is 0.491. The van der Waals surface area contributed by atoms with Gasteiger partial charge in [-0.25, -0.2) is 8.42 Å². The maximum absolute atomic E-state index is 13.7. The predicted octanol–water partition coefficient (Wildman–Crippen LogP) is 1.77. The summed E-state index contributed by atoms with van der Waals surface area (Å²) in [5, 5.41) is 13.6. The van der Waals surface area contributed by atoms with E-state index in [9.17, 15) is 18.3 Å². The van der Waals surface area contributed by atoms with Gasteiger partial charge in [0.15, 0.2) is 0 Å². The van der Waals surface area contributed by atoms with Gasteiger partial charge in [-0.2, -0.15) is 4.31 Å². The van der Waals surface area contributed by atoms with Gasteiger partial charge >= 0.3 is 0 Å². The van der Waals surface area contributed by atoms with Gasteiger partial charge in [0.2, 0.25) is 15.9 Å². The number of aliphatic hydroxyl groups excluding tert-OH is 1. The molecule has 2 N–H and O–H groups in total. The van der Waals surface area contributed by atoms with Crippen LogP contribution in [-0.2, 0) is 30.8 Å². The van der Waals surface area contributed by atoms with Crippen LogP contribution in [0.5, 0.6) is 5.75 Å². The number of methoxy groups -OCH3 is 1. The number of likely N-dealkylation sites (tertiary alicyclic amines) is 1. The minimum Gasteiger partial charge on any atom is -0.497 e. The number of hydrogen-bond donors (Lipinski definition) is 2. The van der Waals surface area contributed by atoms with Crippen LogP contribution in [0.25, 0.3) is 0 Å². The normalized spacial score (nSPS) is 28.3. The van der Waals surface area contributed by atoms with Crippen molar-refractivity contribution in [3.05, 3.63) is 60.2 Å². The number of nitrogens with one attached hydrogen (secondary N) is 1. The van der Waals surface area contributed by atoms with Gasteiger partial charge in [0.1, 0.15) is 5.75 Å². The topological polar surface area (TPSA) is 118 Å². The van der Waals surface area contributed by atoms with Crippen LogP contribution in [0.15, 0.2) is 59.5 Å². The molecule has 2 aromatic rings. The fraction of sp³-hybridized carbons (Fsp3) is 0.552. The van der Waals surface area contributed by atoms with Gasteiger partial charge in [0.05, 0.1) is 56.0 Å². The Labute approximate surface area is 236 Å². The van der Waals surface area contributed by atoms with Crippen molar-refractivity contribution >= 4 is 15.9 Å². The maximum Gasteiger partial charge on any atom is 0.243 e. The van der Waals surface area contributed by atoms with Crippen molar-refractivity contribution in [2.75, 3.05) is 40.0 Å². The molecule has 40 heavy (non-hydrogen) atoms. The highest BCUT2D eigenvalue weighted by Gasteiger charge is 2.43. The zero-order valence-corrected chi connectivity index (χ0v) is 23.7. The SMILES string of the molecule is COc1ccc(S(=O)(=O)N2C[C@H](O)COC[C@@H]3O[C@H](CC(=O)N[C@H]4CCN(Cc5ccccc5)C4)CC[C@H]32)cc1. The summed E-state index contributed by atoms with van der Waals surface area (Å²) in [6.45, 7) is 2.67. The van der Waals surface area contributed by atoms with Gasteiger partial charge in [0, 0.05) is 32.2 Å². The number of fused-ring (bicyclic) bond motifs is 1. The molecule has 11 heteroatoms. The zero-order chi connectivity index (χ0) is 28.1. The second kappa shape index (κ2) is 13.0. The molecule has 5 atom stereocenters. The number of hydrogen-bond acceptors (Lipinski definition) is 8. The maximum atomic E-state index is 13.7. The smallest absolute Gasteiger partial charge is 0.243 e. The van der Waals surface area contributed by atoms with E-state index in [0.29, 0.717) is 18.6 Å². The average molecular weight is 574 g/mol. The van der Waals surface area contributed by atoms with E-state index in [4.69, 9.17) is 14.2 Å². The lowest BCUT2D eigenvalue weighted by atomic mass is 9.96. The molecule has 218 valence electrons. The first-order valence-corrected chi connectivity index (χ1v) is 15.4. The number of amides is 1. The molecule has 2 aromatic carbocycles. The largest absolute Gasteiger partial charge is 0.497 e. The van der Waals surface area contributed by atoms with Gasteiger partial charge in [-0.15, -0.1) is 0 Å². The van der Waals surface area contributed by atoms with Crippen molar-refractivity contribution in [1.82, 2.24) is 14.5 Å². The first-order chi connectivity index (χ1) is 19.3. The molecule has 0 saturated carbocycles. The molecule has 3 saturated heterocycles. The molecule has 0 aromatic heterocycles. The number of sulfonamides is 1. The molecule has 0 aliphatic carbocycles.